The molecule has 1 aromatic heterocycles. The Labute approximate surface area is 134 Å². The van der Waals surface area contributed by atoms with Gasteiger partial charge in [-0.05, 0) is 55.3 Å². The molecule has 0 spiro atoms. The molecular weight excluding hydrogens is 292 g/mol. The summed E-state index contributed by atoms with van der Waals surface area (Å²) >= 11 is 0. The van der Waals surface area contributed by atoms with E-state index >= 15 is 0 Å². The Hall–Kier alpha value is -2.82. The van der Waals surface area contributed by atoms with E-state index in [4.69, 9.17) is 13.9 Å². The number of ether oxygens (including phenoxy) is 2. The molecule has 5 heteroatoms. The molecule has 0 saturated carbocycles. The molecule has 0 aliphatic heterocycles. The van der Waals surface area contributed by atoms with E-state index in [0.29, 0.717) is 19.1 Å². The van der Waals surface area contributed by atoms with Crippen molar-refractivity contribution in [2.75, 3.05) is 13.2 Å². The van der Waals surface area contributed by atoms with Crippen molar-refractivity contribution in [2.45, 2.75) is 13.8 Å². The first kappa shape index (κ1) is 15.1. The Balaban J connectivity index is 1.50. The second-order valence-electron chi connectivity index (χ2n) is 5.23. The minimum Gasteiger partial charge on any atom is -0.490 e. The fourth-order valence-corrected chi connectivity index (χ4v) is 2.17. The number of aryl methyl sites for hydroxylation is 2. The van der Waals surface area contributed by atoms with Gasteiger partial charge in [-0.15, -0.1) is 10.2 Å². The summed E-state index contributed by atoms with van der Waals surface area (Å²) in [6.07, 6.45) is 1.31. The van der Waals surface area contributed by atoms with Crippen LogP contribution in [0.3, 0.4) is 0 Å². The number of rotatable bonds is 6. The molecule has 0 saturated heterocycles. The molecule has 0 N–H and O–H groups in total. The summed E-state index contributed by atoms with van der Waals surface area (Å²) in [6, 6.07) is 13.7. The molecule has 0 aliphatic carbocycles. The van der Waals surface area contributed by atoms with Crippen molar-refractivity contribution in [3.05, 3.63) is 60.0 Å². The van der Waals surface area contributed by atoms with E-state index in [1.165, 1.54) is 12.0 Å². The zero-order valence-electron chi connectivity index (χ0n) is 13.2. The van der Waals surface area contributed by atoms with Crippen molar-refractivity contribution in [1.29, 1.82) is 0 Å². The normalized spacial score (nSPS) is 10.5. The Morgan fingerprint density at radius 3 is 2.48 bits per heavy atom. The zero-order chi connectivity index (χ0) is 16.1. The van der Waals surface area contributed by atoms with Crippen LogP contribution in [0, 0.1) is 13.8 Å². The average molecular weight is 310 g/mol. The second kappa shape index (κ2) is 6.96. The van der Waals surface area contributed by atoms with Gasteiger partial charge < -0.3 is 13.9 Å². The monoisotopic (exact) mass is 310 g/mol. The van der Waals surface area contributed by atoms with Gasteiger partial charge in [-0.1, -0.05) is 12.1 Å². The Bertz CT molecular complexity index is 752. The van der Waals surface area contributed by atoms with Gasteiger partial charge in [0.25, 0.3) is 0 Å². The lowest BCUT2D eigenvalue weighted by molar-refractivity contribution is 0.216. The van der Waals surface area contributed by atoms with Crippen LogP contribution < -0.4 is 9.47 Å². The van der Waals surface area contributed by atoms with Crippen LogP contribution in [-0.4, -0.2) is 23.4 Å². The van der Waals surface area contributed by atoms with Crippen molar-refractivity contribution >= 4 is 0 Å². The number of aromatic nitrogens is 2. The molecule has 0 aliphatic rings. The Kier molecular flexibility index (Phi) is 4.57. The lowest BCUT2D eigenvalue weighted by Gasteiger charge is -2.11. The van der Waals surface area contributed by atoms with Crippen LogP contribution in [0.15, 0.2) is 53.3 Å². The molecule has 3 aromatic rings. The lowest BCUT2D eigenvalue weighted by Crippen LogP contribution is -2.09. The zero-order valence-corrected chi connectivity index (χ0v) is 13.2. The van der Waals surface area contributed by atoms with Crippen molar-refractivity contribution in [2.24, 2.45) is 0 Å². The SMILES string of the molecule is Cc1ccc(C)c(OCCOc2ccc(-c3nnco3)cc2)c1. The van der Waals surface area contributed by atoms with E-state index < -0.39 is 0 Å². The molecule has 118 valence electrons. The minimum absolute atomic E-state index is 0.479. The molecule has 3 rings (SSSR count). The van der Waals surface area contributed by atoms with Gasteiger partial charge in [-0.2, -0.15) is 0 Å². The van der Waals surface area contributed by atoms with Gasteiger partial charge in [-0.3, -0.25) is 0 Å². The summed E-state index contributed by atoms with van der Waals surface area (Å²) in [4.78, 5) is 0. The molecule has 1 heterocycles. The molecule has 23 heavy (non-hydrogen) atoms. The lowest BCUT2D eigenvalue weighted by atomic mass is 10.1. The maximum atomic E-state index is 5.76. The van der Waals surface area contributed by atoms with Gasteiger partial charge in [0.2, 0.25) is 12.3 Å². The molecule has 0 fully saturated rings. The minimum atomic E-state index is 0.479. The predicted molar refractivity (Wildman–Crippen MR) is 86.6 cm³/mol. The Morgan fingerprint density at radius 1 is 0.957 bits per heavy atom. The third-order valence-electron chi connectivity index (χ3n) is 3.41. The maximum absolute atomic E-state index is 5.76. The summed E-state index contributed by atoms with van der Waals surface area (Å²) in [5, 5.41) is 7.52. The Morgan fingerprint density at radius 2 is 1.74 bits per heavy atom. The van der Waals surface area contributed by atoms with Crippen LogP contribution in [0.2, 0.25) is 0 Å². The van der Waals surface area contributed by atoms with Crippen LogP contribution in [0.1, 0.15) is 11.1 Å². The first-order valence-corrected chi connectivity index (χ1v) is 7.42. The molecular formula is C18H18N2O3. The van der Waals surface area contributed by atoms with Crippen LogP contribution in [0.5, 0.6) is 11.5 Å². The van der Waals surface area contributed by atoms with Gasteiger partial charge >= 0.3 is 0 Å². The fraction of sp³-hybridized carbons (Fsp3) is 0.222. The summed E-state index contributed by atoms with van der Waals surface area (Å²) in [5.74, 6) is 2.17. The van der Waals surface area contributed by atoms with Gasteiger partial charge in [0.05, 0.1) is 0 Å². The topological polar surface area (TPSA) is 57.4 Å². The van der Waals surface area contributed by atoms with E-state index in [9.17, 15) is 0 Å². The van der Waals surface area contributed by atoms with E-state index in [-0.39, 0.29) is 0 Å². The molecule has 5 nitrogen and oxygen atoms in total. The van der Waals surface area contributed by atoms with E-state index in [2.05, 4.69) is 22.3 Å². The average Bonchev–Trinajstić information content (AvgIpc) is 3.10. The van der Waals surface area contributed by atoms with Crippen LogP contribution in [-0.2, 0) is 0 Å². The van der Waals surface area contributed by atoms with Gasteiger partial charge in [0.1, 0.15) is 24.7 Å². The van der Waals surface area contributed by atoms with Crippen molar-refractivity contribution in [3.8, 4) is 23.0 Å². The van der Waals surface area contributed by atoms with Crippen molar-refractivity contribution in [1.82, 2.24) is 10.2 Å². The molecule has 0 radical (unpaired) electrons. The van der Waals surface area contributed by atoms with Gasteiger partial charge in [-0.25, -0.2) is 0 Å². The smallest absolute Gasteiger partial charge is 0.247 e. The first-order valence-electron chi connectivity index (χ1n) is 7.42. The highest BCUT2D eigenvalue weighted by Gasteiger charge is 2.04. The quantitative estimate of drug-likeness (QED) is 0.648. The highest BCUT2D eigenvalue weighted by Crippen LogP contribution is 2.21. The number of nitrogens with zero attached hydrogens (tertiary/aromatic N) is 2. The third kappa shape index (κ3) is 3.88. The number of hydrogen-bond donors (Lipinski definition) is 0. The fourth-order valence-electron chi connectivity index (χ4n) is 2.17. The van der Waals surface area contributed by atoms with Gasteiger partial charge in [0, 0.05) is 5.56 Å². The largest absolute Gasteiger partial charge is 0.490 e. The van der Waals surface area contributed by atoms with Crippen LogP contribution in [0.25, 0.3) is 11.5 Å². The first-order chi connectivity index (χ1) is 11.2. The van der Waals surface area contributed by atoms with Gasteiger partial charge in [0.15, 0.2) is 0 Å². The number of hydrogen-bond acceptors (Lipinski definition) is 5. The third-order valence-corrected chi connectivity index (χ3v) is 3.41. The maximum Gasteiger partial charge on any atom is 0.247 e. The summed E-state index contributed by atoms with van der Waals surface area (Å²) in [6.45, 7) is 5.06. The predicted octanol–water partition coefficient (Wildman–Crippen LogP) is 3.81. The molecule has 0 bridgehead atoms. The number of benzene rings is 2. The molecule has 0 atom stereocenters. The van der Waals surface area contributed by atoms with Crippen molar-refractivity contribution < 1.29 is 13.9 Å². The van der Waals surface area contributed by atoms with Crippen LogP contribution in [0.4, 0.5) is 0 Å². The second-order valence-corrected chi connectivity index (χ2v) is 5.23. The molecule has 2 aromatic carbocycles. The van der Waals surface area contributed by atoms with E-state index in [1.54, 1.807) is 0 Å². The summed E-state index contributed by atoms with van der Waals surface area (Å²) < 4.78 is 16.6. The van der Waals surface area contributed by atoms with Crippen LogP contribution >= 0.6 is 0 Å². The summed E-state index contributed by atoms with van der Waals surface area (Å²) in [7, 11) is 0. The highest BCUT2D eigenvalue weighted by molar-refractivity contribution is 5.53. The molecule has 0 amide bonds. The van der Waals surface area contributed by atoms with E-state index in [1.807, 2.05) is 44.2 Å². The summed E-state index contributed by atoms with van der Waals surface area (Å²) in [5.41, 5.74) is 3.17. The molecule has 0 unspecified atom stereocenters. The van der Waals surface area contributed by atoms with E-state index in [0.717, 1.165) is 22.6 Å². The standard InChI is InChI=1S/C18H18N2O3/c1-13-3-4-14(2)17(11-13)22-10-9-21-16-7-5-15(6-8-16)18-20-19-12-23-18/h3-8,11-12H,9-10H2,1-2H3. The van der Waals surface area contributed by atoms with Crippen molar-refractivity contribution in [3.63, 3.8) is 0 Å². The highest BCUT2D eigenvalue weighted by atomic mass is 16.5.